The average Bonchev–Trinajstić information content (AvgIpc) is 2.57. The number of aryl methyl sites for hydroxylation is 1. The predicted octanol–water partition coefficient (Wildman–Crippen LogP) is 5.35. The maximum atomic E-state index is 3.44. The van der Waals surface area contributed by atoms with Crippen molar-refractivity contribution in [1.29, 1.82) is 0 Å². The van der Waals surface area contributed by atoms with Crippen molar-refractivity contribution in [2.24, 2.45) is 0 Å². The fourth-order valence-electron chi connectivity index (χ4n) is 2.27. The van der Waals surface area contributed by atoms with Crippen molar-refractivity contribution in [3.63, 3.8) is 0 Å². The third-order valence-electron chi connectivity index (χ3n) is 3.56. The van der Waals surface area contributed by atoms with Gasteiger partial charge in [0.2, 0.25) is 0 Å². The second-order valence-electron chi connectivity index (χ2n) is 5.41. The van der Waals surface area contributed by atoms with E-state index in [1.54, 1.807) is 0 Å². The predicted molar refractivity (Wildman–Crippen MR) is 94.7 cm³/mol. The Morgan fingerprint density at radius 3 is 1.91 bits per heavy atom. The van der Waals surface area contributed by atoms with Gasteiger partial charge in [-0.1, -0.05) is 48.0 Å². The molecule has 0 radical (unpaired) electrons. The van der Waals surface area contributed by atoms with Crippen LogP contribution in [-0.4, -0.2) is 0 Å². The molecule has 0 aromatic heterocycles. The maximum absolute atomic E-state index is 3.44. The SMILES string of the molecule is Cc1ccc(CNc2ccc(Nc3ccccc3)cc2)cc1. The van der Waals surface area contributed by atoms with E-state index in [4.69, 9.17) is 0 Å². The molecule has 0 atom stereocenters. The summed E-state index contributed by atoms with van der Waals surface area (Å²) in [7, 11) is 0. The van der Waals surface area contributed by atoms with Crippen molar-refractivity contribution in [1.82, 2.24) is 0 Å². The van der Waals surface area contributed by atoms with Gasteiger partial charge in [0, 0.05) is 23.6 Å². The normalized spacial score (nSPS) is 10.2. The Bertz CT molecular complexity index is 701. The van der Waals surface area contributed by atoms with E-state index in [2.05, 4.69) is 78.2 Å². The van der Waals surface area contributed by atoms with Gasteiger partial charge in [-0.25, -0.2) is 0 Å². The number of rotatable bonds is 5. The third kappa shape index (κ3) is 3.89. The summed E-state index contributed by atoms with van der Waals surface area (Å²) in [5, 5.41) is 6.83. The van der Waals surface area contributed by atoms with E-state index in [0.29, 0.717) is 0 Å². The summed E-state index contributed by atoms with van der Waals surface area (Å²) in [6, 6.07) is 27.2. The molecule has 0 unspecified atom stereocenters. The second kappa shape index (κ2) is 6.81. The minimum absolute atomic E-state index is 0.839. The van der Waals surface area contributed by atoms with Gasteiger partial charge >= 0.3 is 0 Å². The summed E-state index contributed by atoms with van der Waals surface area (Å²) in [5.74, 6) is 0. The van der Waals surface area contributed by atoms with Gasteiger partial charge in [-0.15, -0.1) is 0 Å². The molecule has 0 aliphatic heterocycles. The number of para-hydroxylation sites is 1. The van der Waals surface area contributed by atoms with E-state index in [-0.39, 0.29) is 0 Å². The molecule has 2 N–H and O–H groups in total. The van der Waals surface area contributed by atoms with Gasteiger partial charge in [-0.2, -0.15) is 0 Å². The molecular weight excluding hydrogens is 268 g/mol. The van der Waals surface area contributed by atoms with Crippen LogP contribution < -0.4 is 10.6 Å². The molecule has 0 aliphatic rings. The fourth-order valence-corrected chi connectivity index (χ4v) is 2.27. The lowest BCUT2D eigenvalue weighted by atomic mass is 10.1. The summed E-state index contributed by atoms with van der Waals surface area (Å²) in [6.45, 7) is 2.95. The Hall–Kier alpha value is -2.74. The summed E-state index contributed by atoms with van der Waals surface area (Å²) in [5.41, 5.74) is 5.89. The lowest BCUT2D eigenvalue weighted by Gasteiger charge is -2.09. The zero-order valence-electron chi connectivity index (χ0n) is 12.7. The van der Waals surface area contributed by atoms with Gasteiger partial charge in [-0.05, 0) is 48.9 Å². The molecule has 0 heterocycles. The van der Waals surface area contributed by atoms with Gasteiger partial charge in [0.05, 0.1) is 0 Å². The zero-order chi connectivity index (χ0) is 15.2. The molecule has 22 heavy (non-hydrogen) atoms. The van der Waals surface area contributed by atoms with Gasteiger partial charge in [0.1, 0.15) is 0 Å². The number of hydrogen-bond donors (Lipinski definition) is 2. The van der Waals surface area contributed by atoms with Crippen LogP contribution in [0, 0.1) is 6.92 Å². The standard InChI is InChI=1S/C20H20N2/c1-16-7-9-17(10-8-16)15-21-18-11-13-20(14-12-18)22-19-5-3-2-4-6-19/h2-14,21-22H,15H2,1H3. The molecule has 0 amide bonds. The summed E-state index contributed by atoms with van der Waals surface area (Å²) in [4.78, 5) is 0. The van der Waals surface area contributed by atoms with E-state index in [0.717, 1.165) is 23.6 Å². The van der Waals surface area contributed by atoms with E-state index in [1.165, 1.54) is 11.1 Å². The number of benzene rings is 3. The van der Waals surface area contributed by atoms with Crippen LogP contribution in [0.15, 0.2) is 78.9 Å². The van der Waals surface area contributed by atoms with Gasteiger partial charge in [0.25, 0.3) is 0 Å². The molecule has 0 fully saturated rings. The van der Waals surface area contributed by atoms with Crippen LogP contribution in [0.25, 0.3) is 0 Å². The van der Waals surface area contributed by atoms with Crippen molar-refractivity contribution in [3.05, 3.63) is 90.0 Å². The van der Waals surface area contributed by atoms with Crippen LogP contribution in [0.5, 0.6) is 0 Å². The first-order chi connectivity index (χ1) is 10.8. The monoisotopic (exact) mass is 288 g/mol. The zero-order valence-corrected chi connectivity index (χ0v) is 12.7. The highest BCUT2D eigenvalue weighted by atomic mass is 14.9. The van der Waals surface area contributed by atoms with Gasteiger partial charge in [-0.3, -0.25) is 0 Å². The quantitative estimate of drug-likeness (QED) is 0.661. The first-order valence-electron chi connectivity index (χ1n) is 7.51. The van der Waals surface area contributed by atoms with Crippen LogP contribution in [-0.2, 0) is 6.54 Å². The molecule has 110 valence electrons. The number of anilines is 3. The minimum atomic E-state index is 0.839. The Morgan fingerprint density at radius 1 is 0.636 bits per heavy atom. The van der Waals surface area contributed by atoms with E-state index in [1.807, 2.05) is 18.2 Å². The molecule has 2 heteroatoms. The highest BCUT2D eigenvalue weighted by Gasteiger charge is 1.96. The first kappa shape index (κ1) is 14.2. The molecule has 0 saturated heterocycles. The van der Waals surface area contributed by atoms with Crippen molar-refractivity contribution < 1.29 is 0 Å². The molecule has 0 bridgehead atoms. The van der Waals surface area contributed by atoms with E-state index >= 15 is 0 Å². The first-order valence-corrected chi connectivity index (χ1v) is 7.51. The Balaban J connectivity index is 1.58. The van der Waals surface area contributed by atoms with Crippen LogP contribution in [0.2, 0.25) is 0 Å². The third-order valence-corrected chi connectivity index (χ3v) is 3.56. The highest BCUT2D eigenvalue weighted by Crippen LogP contribution is 2.19. The van der Waals surface area contributed by atoms with Crippen molar-refractivity contribution in [2.75, 3.05) is 10.6 Å². The summed E-state index contributed by atoms with van der Waals surface area (Å²) in [6.07, 6.45) is 0. The summed E-state index contributed by atoms with van der Waals surface area (Å²) >= 11 is 0. The highest BCUT2D eigenvalue weighted by molar-refractivity contribution is 5.62. The van der Waals surface area contributed by atoms with Crippen LogP contribution in [0.3, 0.4) is 0 Å². The molecule has 2 nitrogen and oxygen atoms in total. The molecule has 3 aromatic rings. The maximum Gasteiger partial charge on any atom is 0.0400 e. The van der Waals surface area contributed by atoms with Crippen LogP contribution >= 0.6 is 0 Å². The Morgan fingerprint density at radius 2 is 1.23 bits per heavy atom. The molecule has 3 rings (SSSR count). The lowest BCUT2D eigenvalue weighted by molar-refractivity contribution is 1.14. The van der Waals surface area contributed by atoms with Crippen molar-refractivity contribution in [2.45, 2.75) is 13.5 Å². The molecule has 3 aromatic carbocycles. The van der Waals surface area contributed by atoms with Crippen molar-refractivity contribution >= 4 is 17.1 Å². The van der Waals surface area contributed by atoms with Gasteiger partial charge in [0.15, 0.2) is 0 Å². The van der Waals surface area contributed by atoms with E-state index < -0.39 is 0 Å². The van der Waals surface area contributed by atoms with E-state index in [9.17, 15) is 0 Å². The molecule has 0 saturated carbocycles. The summed E-state index contributed by atoms with van der Waals surface area (Å²) < 4.78 is 0. The van der Waals surface area contributed by atoms with Crippen LogP contribution in [0.1, 0.15) is 11.1 Å². The topological polar surface area (TPSA) is 24.1 Å². The number of nitrogens with one attached hydrogen (secondary N) is 2. The van der Waals surface area contributed by atoms with Gasteiger partial charge < -0.3 is 10.6 Å². The Kier molecular flexibility index (Phi) is 4.40. The largest absolute Gasteiger partial charge is 0.381 e. The van der Waals surface area contributed by atoms with Crippen LogP contribution in [0.4, 0.5) is 17.1 Å². The average molecular weight is 288 g/mol. The smallest absolute Gasteiger partial charge is 0.0400 e. The Labute approximate surface area is 131 Å². The minimum Gasteiger partial charge on any atom is -0.381 e. The molecule has 0 aliphatic carbocycles. The number of hydrogen-bond acceptors (Lipinski definition) is 2. The molecule has 0 spiro atoms. The second-order valence-corrected chi connectivity index (χ2v) is 5.41. The van der Waals surface area contributed by atoms with Crippen molar-refractivity contribution in [3.8, 4) is 0 Å². The fraction of sp³-hybridized carbons (Fsp3) is 0.100. The molecular formula is C20H20N2. The lowest BCUT2D eigenvalue weighted by Crippen LogP contribution is -1.99.